The molecular formula is C26H26F3NO3S. The van der Waals surface area contributed by atoms with Gasteiger partial charge in [-0.3, -0.25) is 4.79 Å². The van der Waals surface area contributed by atoms with Crippen LogP contribution in [0.15, 0.2) is 42.5 Å². The van der Waals surface area contributed by atoms with Crippen LogP contribution in [0.1, 0.15) is 77.5 Å². The SMILES string of the molecule is CC(C)c1nc(-c2ccc(C(F)(F)F)cc2)sc1CCC(O)c1ccc2c(c1)C(C(=O)O)CC2. The highest BCUT2D eigenvalue weighted by Crippen LogP contribution is 2.38. The third-order valence-corrected chi connectivity index (χ3v) is 7.49. The molecule has 0 aliphatic heterocycles. The average molecular weight is 490 g/mol. The van der Waals surface area contributed by atoms with Crippen LogP contribution in [0.5, 0.6) is 0 Å². The maximum Gasteiger partial charge on any atom is 0.416 e. The van der Waals surface area contributed by atoms with Crippen LogP contribution in [0.4, 0.5) is 13.2 Å². The first kappa shape index (κ1) is 24.4. The van der Waals surface area contributed by atoms with Crippen molar-refractivity contribution in [1.82, 2.24) is 4.98 Å². The van der Waals surface area contributed by atoms with E-state index in [1.54, 1.807) is 0 Å². The van der Waals surface area contributed by atoms with Crippen molar-refractivity contribution in [2.75, 3.05) is 0 Å². The molecule has 0 spiro atoms. The van der Waals surface area contributed by atoms with Gasteiger partial charge in [0.15, 0.2) is 0 Å². The number of aryl methyl sites for hydroxylation is 2. The Labute approximate surface area is 200 Å². The highest BCUT2D eigenvalue weighted by molar-refractivity contribution is 7.15. The molecule has 34 heavy (non-hydrogen) atoms. The number of hydrogen-bond acceptors (Lipinski definition) is 4. The Bertz CT molecular complexity index is 1180. The van der Waals surface area contributed by atoms with Gasteiger partial charge in [-0.05, 0) is 60.4 Å². The molecule has 1 aliphatic carbocycles. The molecule has 4 nitrogen and oxygen atoms in total. The van der Waals surface area contributed by atoms with Gasteiger partial charge in [-0.1, -0.05) is 44.2 Å². The van der Waals surface area contributed by atoms with Crippen molar-refractivity contribution >= 4 is 17.3 Å². The van der Waals surface area contributed by atoms with Gasteiger partial charge in [0, 0.05) is 10.4 Å². The monoisotopic (exact) mass is 489 g/mol. The van der Waals surface area contributed by atoms with E-state index in [-0.39, 0.29) is 5.92 Å². The molecule has 2 N–H and O–H groups in total. The van der Waals surface area contributed by atoms with Crippen LogP contribution in [0.25, 0.3) is 10.6 Å². The second-order valence-electron chi connectivity index (χ2n) is 9.00. The van der Waals surface area contributed by atoms with Crippen molar-refractivity contribution in [2.45, 2.75) is 63.6 Å². The lowest BCUT2D eigenvalue weighted by atomic mass is 9.95. The van der Waals surface area contributed by atoms with E-state index in [0.29, 0.717) is 35.4 Å². The first-order valence-electron chi connectivity index (χ1n) is 11.3. The number of aliphatic hydroxyl groups is 1. The minimum atomic E-state index is -4.38. The topological polar surface area (TPSA) is 70.4 Å². The molecule has 3 aromatic rings. The Hall–Kier alpha value is -2.71. The Balaban J connectivity index is 1.51. The van der Waals surface area contributed by atoms with Crippen molar-refractivity contribution in [2.24, 2.45) is 0 Å². The molecule has 2 atom stereocenters. The summed E-state index contributed by atoms with van der Waals surface area (Å²) in [7, 11) is 0. The third kappa shape index (κ3) is 5.03. The van der Waals surface area contributed by atoms with Crippen LogP contribution in [-0.2, 0) is 23.8 Å². The quantitative estimate of drug-likeness (QED) is 0.386. The van der Waals surface area contributed by atoms with Gasteiger partial charge in [0.2, 0.25) is 0 Å². The number of hydrogen-bond donors (Lipinski definition) is 2. The smallest absolute Gasteiger partial charge is 0.416 e. The summed E-state index contributed by atoms with van der Waals surface area (Å²) in [5.74, 6) is -1.24. The fourth-order valence-electron chi connectivity index (χ4n) is 4.44. The van der Waals surface area contributed by atoms with Crippen LogP contribution in [-0.4, -0.2) is 21.2 Å². The maximum atomic E-state index is 12.9. The third-order valence-electron chi connectivity index (χ3n) is 6.31. The van der Waals surface area contributed by atoms with E-state index >= 15 is 0 Å². The number of benzene rings is 2. The molecule has 1 aromatic heterocycles. The van der Waals surface area contributed by atoms with Crippen molar-refractivity contribution < 1.29 is 28.2 Å². The first-order valence-corrected chi connectivity index (χ1v) is 12.1. The summed E-state index contributed by atoms with van der Waals surface area (Å²) in [5, 5.41) is 20.9. The fraction of sp³-hybridized carbons (Fsp3) is 0.385. The van der Waals surface area contributed by atoms with Crippen LogP contribution >= 0.6 is 11.3 Å². The highest BCUT2D eigenvalue weighted by atomic mass is 32.1. The van der Waals surface area contributed by atoms with Gasteiger partial charge in [0.05, 0.1) is 23.3 Å². The summed E-state index contributed by atoms with van der Waals surface area (Å²) < 4.78 is 38.6. The molecule has 0 amide bonds. The van der Waals surface area contributed by atoms with Crippen LogP contribution < -0.4 is 0 Å². The predicted molar refractivity (Wildman–Crippen MR) is 125 cm³/mol. The Morgan fingerprint density at radius 1 is 1.18 bits per heavy atom. The number of rotatable bonds is 7. The molecule has 1 heterocycles. The zero-order valence-corrected chi connectivity index (χ0v) is 19.7. The number of aliphatic hydroxyl groups excluding tert-OH is 1. The van der Waals surface area contributed by atoms with Crippen LogP contribution in [0.3, 0.4) is 0 Å². The van der Waals surface area contributed by atoms with Gasteiger partial charge in [-0.2, -0.15) is 13.2 Å². The summed E-state index contributed by atoms with van der Waals surface area (Å²) in [6, 6.07) is 10.6. The summed E-state index contributed by atoms with van der Waals surface area (Å²) in [5.41, 5.74) is 3.32. The van der Waals surface area contributed by atoms with Gasteiger partial charge in [-0.15, -0.1) is 11.3 Å². The number of nitrogens with zero attached hydrogens (tertiary/aromatic N) is 1. The van der Waals surface area contributed by atoms with E-state index in [1.807, 2.05) is 32.0 Å². The van der Waals surface area contributed by atoms with E-state index in [4.69, 9.17) is 0 Å². The lowest BCUT2D eigenvalue weighted by molar-refractivity contribution is -0.139. The molecule has 180 valence electrons. The summed E-state index contributed by atoms with van der Waals surface area (Å²) in [4.78, 5) is 17.2. The van der Waals surface area contributed by atoms with Crippen molar-refractivity contribution in [3.8, 4) is 10.6 Å². The molecule has 1 aliphatic rings. The first-order chi connectivity index (χ1) is 16.0. The molecule has 0 saturated heterocycles. The number of alkyl halides is 3. The summed E-state index contributed by atoms with van der Waals surface area (Å²) >= 11 is 1.43. The second-order valence-corrected chi connectivity index (χ2v) is 10.1. The number of carboxylic acids is 1. The predicted octanol–water partition coefficient (Wildman–Crippen LogP) is 6.73. The minimum Gasteiger partial charge on any atom is -0.481 e. The van der Waals surface area contributed by atoms with E-state index < -0.39 is 29.7 Å². The standard InChI is InChI=1S/C26H26F3NO3S/c1-14(2)23-22(34-24(30-23)16-5-8-18(9-6-16)26(27,28)29)12-11-21(31)17-4-3-15-7-10-19(25(32)33)20(15)13-17/h3-6,8-9,13-14,19,21,31H,7,10-12H2,1-2H3,(H,32,33). The lowest BCUT2D eigenvalue weighted by Gasteiger charge is -2.14. The number of carbonyl (C=O) groups is 1. The molecule has 0 bridgehead atoms. The number of aromatic nitrogens is 1. The second kappa shape index (κ2) is 9.50. The van der Waals surface area contributed by atoms with Crippen molar-refractivity contribution in [3.05, 3.63) is 75.3 Å². The average Bonchev–Trinajstić information content (AvgIpc) is 3.41. The van der Waals surface area contributed by atoms with E-state index in [2.05, 4.69) is 4.98 Å². The van der Waals surface area contributed by atoms with Gasteiger partial charge in [-0.25, -0.2) is 4.98 Å². The van der Waals surface area contributed by atoms with Crippen molar-refractivity contribution in [1.29, 1.82) is 0 Å². The lowest BCUT2D eigenvalue weighted by Crippen LogP contribution is -2.09. The summed E-state index contributed by atoms with van der Waals surface area (Å²) in [6.07, 6.45) is -2.83. The van der Waals surface area contributed by atoms with Gasteiger partial charge in [0.25, 0.3) is 0 Å². The Morgan fingerprint density at radius 3 is 2.50 bits per heavy atom. The van der Waals surface area contributed by atoms with Crippen LogP contribution in [0, 0.1) is 0 Å². The van der Waals surface area contributed by atoms with Gasteiger partial charge >= 0.3 is 12.1 Å². The van der Waals surface area contributed by atoms with E-state index in [0.717, 1.165) is 40.3 Å². The van der Waals surface area contributed by atoms with Gasteiger partial charge < -0.3 is 10.2 Å². The number of aliphatic carboxylic acids is 1. The minimum absolute atomic E-state index is 0.128. The summed E-state index contributed by atoms with van der Waals surface area (Å²) in [6.45, 7) is 4.02. The number of halogens is 3. The molecule has 0 fully saturated rings. The Kier molecular flexibility index (Phi) is 6.82. The van der Waals surface area contributed by atoms with Crippen molar-refractivity contribution in [3.63, 3.8) is 0 Å². The molecule has 2 unspecified atom stereocenters. The number of fused-ring (bicyclic) bond motifs is 1. The zero-order valence-electron chi connectivity index (χ0n) is 18.9. The number of thiazole rings is 1. The van der Waals surface area contributed by atoms with E-state index in [1.165, 1.54) is 23.5 Å². The molecular weight excluding hydrogens is 463 g/mol. The zero-order chi connectivity index (χ0) is 24.6. The molecule has 0 saturated carbocycles. The molecule has 4 rings (SSSR count). The van der Waals surface area contributed by atoms with E-state index in [9.17, 15) is 28.2 Å². The fourth-order valence-corrected chi connectivity index (χ4v) is 5.68. The highest BCUT2D eigenvalue weighted by Gasteiger charge is 2.31. The normalized spacial score (nSPS) is 16.6. The largest absolute Gasteiger partial charge is 0.481 e. The molecule has 8 heteroatoms. The maximum absolute atomic E-state index is 12.9. The Morgan fingerprint density at radius 2 is 1.88 bits per heavy atom. The molecule has 0 radical (unpaired) electrons. The molecule has 2 aromatic carbocycles. The number of carboxylic acid groups (broad SMARTS) is 1. The van der Waals surface area contributed by atoms with Crippen LogP contribution in [0.2, 0.25) is 0 Å². The van der Waals surface area contributed by atoms with Gasteiger partial charge in [0.1, 0.15) is 5.01 Å².